The smallest absolute Gasteiger partial charge is 0.0953 e. The van der Waals surface area contributed by atoms with Gasteiger partial charge in [0.25, 0.3) is 0 Å². The Morgan fingerprint density at radius 3 is 2.50 bits per heavy atom. The molecule has 2 aromatic carbocycles. The van der Waals surface area contributed by atoms with Crippen molar-refractivity contribution in [1.82, 2.24) is 4.57 Å². The summed E-state index contributed by atoms with van der Waals surface area (Å²) in [5, 5.41) is 3.46. The molecule has 2 heterocycles. The van der Waals surface area contributed by atoms with Gasteiger partial charge in [0, 0.05) is 34.2 Å². The summed E-state index contributed by atoms with van der Waals surface area (Å²) in [7, 11) is 0. The molecule has 1 aromatic heterocycles. The lowest BCUT2D eigenvalue weighted by Crippen LogP contribution is -3.10. The van der Waals surface area contributed by atoms with Crippen molar-refractivity contribution in [3.8, 4) is 0 Å². The largest absolute Gasteiger partial charge is 1.00 e. The number of hydrogen-bond acceptors (Lipinski definition) is 0. The maximum absolute atomic E-state index is 6.23. The SMILES string of the molecule is Clc1ccc2c3ccccc3n(CC[NH+]3CCCC3)c2c1.[Cl-]. The van der Waals surface area contributed by atoms with E-state index in [1.54, 1.807) is 4.90 Å². The summed E-state index contributed by atoms with van der Waals surface area (Å²) in [6.45, 7) is 4.94. The van der Waals surface area contributed by atoms with Gasteiger partial charge in [0.05, 0.1) is 31.7 Å². The molecule has 0 saturated carbocycles. The number of fused-ring (bicyclic) bond motifs is 3. The zero-order chi connectivity index (χ0) is 14.2. The number of quaternary nitrogens is 1. The fourth-order valence-corrected chi connectivity index (χ4v) is 3.82. The first kappa shape index (κ1) is 15.7. The molecule has 2 nitrogen and oxygen atoms in total. The molecule has 1 aliphatic heterocycles. The number of hydrogen-bond donors (Lipinski definition) is 1. The fourth-order valence-electron chi connectivity index (χ4n) is 3.66. The molecule has 0 aliphatic carbocycles. The molecule has 4 rings (SSSR count). The predicted molar refractivity (Wildman–Crippen MR) is 89.3 cm³/mol. The van der Waals surface area contributed by atoms with Crippen LogP contribution in [0, 0.1) is 0 Å². The molecule has 0 amide bonds. The Bertz CT molecular complexity index is 788. The van der Waals surface area contributed by atoms with Gasteiger partial charge < -0.3 is 21.9 Å². The molecule has 3 aromatic rings. The van der Waals surface area contributed by atoms with Gasteiger partial charge in [0.1, 0.15) is 0 Å². The van der Waals surface area contributed by atoms with Crippen LogP contribution in [0.2, 0.25) is 5.02 Å². The summed E-state index contributed by atoms with van der Waals surface area (Å²) in [6.07, 6.45) is 2.77. The molecule has 4 heteroatoms. The number of aromatic nitrogens is 1. The van der Waals surface area contributed by atoms with E-state index in [-0.39, 0.29) is 12.4 Å². The topological polar surface area (TPSA) is 9.37 Å². The van der Waals surface area contributed by atoms with Crippen LogP contribution in [0.25, 0.3) is 21.8 Å². The van der Waals surface area contributed by atoms with Crippen molar-refractivity contribution in [1.29, 1.82) is 0 Å². The minimum atomic E-state index is 0. The predicted octanol–water partition coefficient (Wildman–Crippen LogP) is 0.131. The highest BCUT2D eigenvalue weighted by molar-refractivity contribution is 6.31. The third-order valence-corrected chi connectivity index (χ3v) is 4.97. The molecular formula is C18H20Cl2N2. The first-order chi connectivity index (χ1) is 10.3. The Balaban J connectivity index is 0.00000144. The Kier molecular flexibility index (Phi) is 4.62. The van der Waals surface area contributed by atoms with Crippen molar-refractivity contribution in [2.45, 2.75) is 19.4 Å². The van der Waals surface area contributed by atoms with Crippen molar-refractivity contribution in [3.05, 3.63) is 47.5 Å². The molecule has 0 bridgehead atoms. The van der Waals surface area contributed by atoms with E-state index in [2.05, 4.69) is 41.0 Å². The van der Waals surface area contributed by atoms with E-state index in [1.807, 2.05) is 6.07 Å². The lowest BCUT2D eigenvalue weighted by atomic mass is 10.2. The molecular weight excluding hydrogens is 315 g/mol. The van der Waals surface area contributed by atoms with Crippen LogP contribution < -0.4 is 17.3 Å². The summed E-state index contributed by atoms with van der Waals surface area (Å²) in [4.78, 5) is 1.74. The third kappa shape index (κ3) is 2.71. The maximum Gasteiger partial charge on any atom is 0.0953 e. The first-order valence-electron chi connectivity index (χ1n) is 7.83. The Labute approximate surface area is 142 Å². The second-order valence-electron chi connectivity index (χ2n) is 6.04. The van der Waals surface area contributed by atoms with Crippen molar-refractivity contribution < 1.29 is 17.3 Å². The Hall–Kier alpha value is -1.22. The van der Waals surface area contributed by atoms with Crippen LogP contribution >= 0.6 is 11.6 Å². The number of rotatable bonds is 3. The van der Waals surface area contributed by atoms with Crippen LogP contribution in [0.5, 0.6) is 0 Å². The summed E-state index contributed by atoms with van der Waals surface area (Å²) in [5.74, 6) is 0. The third-order valence-electron chi connectivity index (χ3n) is 4.74. The average molecular weight is 335 g/mol. The van der Waals surface area contributed by atoms with Crippen molar-refractivity contribution in [2.75, 3.05) is 19.6 Å². The molecule has 1 aliphatic rings. The van der Waals surface area contributed by atoms with Crippen LogP contribution in [0.4, 0.5) is 0 Å². The number of benzene rings is 2. The minimum Gasteiger partial charge on any atom is -1.00 e. The normalized spacial score (nSPS) is 15.5. The highest BCUT2D eigenvalue weighted by Gasteiger charge is 2.16. The highest BCUT2D eigenvalue weighted by Crippen LogP contribution is 2.30. The molecule has 22 heavy (non-hydrogen) atoms. The van der Waals surface area contributed by atoms with E-state index in [0.29, 0.717) is 0 Å². The average Bonchev–Trinajstić information content (AvgIpc) is 3.11. The van der Waals surface area contributed by atoms with Crippen molar-refractivity contribution in [3.63, 3.8) is 0 Å². The van der Waals surface area contributed by atoms with E-state index in [9.17, 15) is 0 Å². The van der Waals surface area contributed by atoms with E-state index >= 15 is 0 Å². The summed E-state index contributed by atoms with van der Waals surface area (Å²) < 4.78 is 2.45. The van der Waals surface area contributed by atoms with Gasteiger partial charge in [-0.3, -0.25) is 0 Å². The van der Waals surface area contributed by atoms with Gasteiger partial charge >= 0.3 is 0 Å². The molecule has 0 atom stereocenters. The lowest BCUT2D eigenvalue weighted by Gasteiger charge is -2.14. The van der Waals surface area contributed by atoms with Gasteiger partial charge in [-0.2, -0.15) is 0 Å². The molecule has 0 unspecified atom stereocenters. The van der Waals surface area contributed by atoms with Gasteiger partial charge in [-0.25, -0.2) is 0 Å². The number of halogens is 2. The number of nitrogens with one attached hydrogen (secondary N) is 1. The van der Waals surface area contributed by atoms with Crippen LogP contribution in [-0.2, 0) is 6.54 Å². The zero-order valence-electron chi connectivity index (χ0n) is 12.5. The second-order valence-corrected chi connectivity index (χ2v) is 6.47. The molecule has 0 spiro atoms. The molecule has 0 radical (unpaired) electrons. The van der Waals surface area contributed by atoms with Crippen molar-refractivity contribution in [2.24, 2.45) is 0 Å². The highest BCUT2D eigenvalue weighted by atomic mass is 35.5. The molecule has 116 valence electrons. The van der Waals surface area contributed by atoms with E-state index in [1.165, 1.54) is 54.3 Å². The monoisotopic (exact) mass is 334 g/mol. The van der Waals surface area contributed by atoms with Crippen LogP contribution in [0.3, 0.4) is 0 Å². The van der Waals surface area contributed by atoms with E-state index in [0.717, 1.165) is 11.6 Å². The lowest BCUT2D eigenvalue weighted by molar-refractivity contribution is -0.887. The Morgan fingerprint density at radius 1 is 0.955 bits per heavy atom. The second kappa shape index (κ2) is 6.49. The Morgan fingerprint density at radius 2 is 1.68 bits per heavy atom. The number of likely N-dealkylation sites (tertiary alicyclic amines) is 1. The molecule has 1 fully saturated rings. The summed E-state index contributed by atoms with van der Waals surface area (Å²) in [6, 6.07) is 14.9. The summed E-state index contributed by atoms with van der Waals surface area (Å²) >= 11 is 6.23. The summed E-state index contributed by atoms with van der Waals surface area (Å²) in [5.41, 5.74) is 2.59. The maximum atomic E-state index is 6.23. The fraction of sp³-hybridized carbons (Fsp3) is 0.333. The van der Waals surface area contributed by atoms with Gasteiger partial charge in [-0.05, 0) is 18.2 Å². The number of para-hydroxylation sites is 1. The van der Waals surface area contributed by atoms with Crippen LogP contribution in [0.1, 0.15) is 12.8 Å². The van der Waals surface area contributed by atoms with Crippen molar-refractivity contribution >= 4 is 33.4 Å². The van der Waals surface area contributed by atoms with Gasteiger partial charge in [0.2, 0.25) is 0 Å². The first-order valence-corrected chi connectivity index (χ1v) is 8.21. The standard InChI is InChI=1S/C18H19ClN2.ClH/c19-14-7-8-16-15-5-1-2-6-17(15)21(18(16)13-14)12-11-20-9-3-4-10-20;/h1-2,5-8,13H,3-4,9-12H2;1H. The van der Waals surface area contributed by atoms with E-state index < -0.39 is 0 Å². The zero-order valence-corrected chi connectivity index (χ0v) is 14.0. The van der Waals surface area contributed by atoms with Gasteiger partial charge in [-0.15, -0.1) is 0 Å². The van der Waals surface area contributed by atoms with Crippen LogP contribution in [0.15, 0.2) is 42.5 Å². The van der Waals surface area contributed by atoms with E-state index in [4.69, 9.17) is 11.6 Å². The van der Waals surface area contributed by atoms with Gasteiger partial charge in [0.15, 0.2) is 0 Å². The minimum absolute atomic E-state index is 0. The molecule has 1 saturated heterocycles. The molecule has 1 N–H and O–H groups in total. The quantitative estimate of drug-likeness (QED) is 0.697. The number of nitrogens with zero attached hydrogens (tertiary/aromatic N) is 1. The van der Waals surface area contributed by atoms with Gasteiger partial charge in [-0.1, -0.05) is 35.9 Å². The van der Waals surface area contributed by atoms with Crippen LogP contribution in [-0.4, -0.2) is 24.2 Å².